The van der Waals surface area contributed by atoms with E-state index in [4.69, 9.17) is 4.74 Å². The number of ketones is 1. The summed E-state index contributed by atoms with van der Waals surface area (Å²) in [6, 6.07) is 5.87. The molecule has 0 spiro atoms. The summed E-state index contributed by atoms with van der Waals surface area (Å²) >= 11 is 0. The smallest absolute Gasteiger partial charge is 0.188 e. The van der Waals surface area contributed by atoms with Gasteiger partial charge < -0.3 is 4.74 Å². The Morgan fingerprint density at radius 1 is 1.20 bits per heavy atom. The van der Waals surface area contributed by atoms with Gasteiger partial charge in [0.1, 0.15) is 6.61 Å². The minimum Gasteiger partial charge on any atom is -0.370 e. The van der Waals surface area contributed by atoms with Gasteiger partial charge in [0.25, 0.3) is 0 Å². The molecule has 0 bridgehead atoms. The van der Waals surface area contributed by atoms with E-state index in [0.29, 0.717) is 5.41 Å². The highest BCUT2D eigenvalue weighted by atomic mass is 16.5. The second kappa shape index (κ2) is 6.09. The first-order valence-electron chi connectivity index (χ1n) is 7.59. The first-order valence-corrected chi connectivity index (χ1v) is 7.59. The van der Waals surface area contributed by atoms with Crippen LogP contribution < -0.4 is 0 Å². The SMILES string of the molecule is Cc1ccc(C(=O)COC2CCC(C)(C)CC2)cc1C. The zero-order chi connectivity index (χ0) is 14.8. The van der Waals surface area contributed by atoms with Crippen LogP contribution in [0.25, 0.3) is 0 Å². The molecule has 1 aromatic carbocycles. The monoisotopic (exact) mass is 274 g/mol. The van der Waals surface area contributed by atoms with Crippen LogP contribution in [0.3, 0.4) is 0 Å². The van der Waals surface area contributed by atoms with Gasteiger partial charge in [0.15, 0.2) is 5.78 Å². The maximum absolute atomic E-state index is 12.2. The van der Waals surface area contributed by atoms with Gasteiger partial charge in [0.2, 0.25) is 0 Å². The lowest BCUT2D eigenvalue weighted by molar-refractivity contribution is 0.00862. The standard InChI is InChI=1S/C18H26O2/c1-13-5-6-15(11-14(13)2)17(19)12-20-16-7-9-18(3,4)10-8-16/h5-6,11,16H,7-10,12H2,1-4H3. The van der Waals surface area contributed by atoms with Gasteiger partial charge in [-0.25, -0.2) is 0 Å². The molecule has 0 aliphatic heterocycles. The summed E-state index contributed by atoms with van der Waals surface area (Å²) in [5.41, 5.74) is 3.59. The van der Waals surface area contributed by atoms with Crippen molar-refractivity contribution >= 4 is 5.78 Å². The number of hydrogen-bond donors (Lipinski definition) is 0. The molecule has 1 fully saturated rings. The van der Waals surface area contributed by atoms with Crippen molar-refractivity contribution in [3.05, 3.63) is 34.9 Å². The van der Waals surface area contributed by atoms with Crippen molar-refractivity contribution in [1.29, 1.82) is 0 Å². The lowest BCUT2D eigenvalue weighted by atomic mass is 9.76. The van der Waals surface area contributed by atoms with Gasteiger partial charge in [-0.1, -0.05) is 26.0 Å². The largest absolute Gasteiger partial charge is 0.370 e. The van der Waals surface area contributed by atoms with Crippen molar-refractivity contribution in [2.24, 2.45) is 5.41 Å². The van der Waals surface area contributed by atoms with Crippen LogP contribution in [0, 0.1) is 19.3 Å². The van der Waals surface area contributed by atoms with Crippen molar-refractivity contribution in [2.75, 3.05) is 6.61 Å². The maximum Gasteiger partial charge on any atom is 0.188 e. The third-order valence-corrected chi connectivity index (χ3v) is 4.57. The van der Waals surface area contributed by atoms with E-state index in [1.165, 1.54) is 18.4 Å². The Morgan fingerprint density at radius 2 is 1.85 bits per heavy atom. The van der Waals surface area contributed by atoms with E-state index in [-0.39, 0.29) is 18.5 Å². The lowest BCUT2D eigenvalue weighted by Gasteiger charge is -2.34. The van der Waals surface area contributed by atoms with E-state index in [2.05, 4.69) is 20.8 Å². The molecule has 2 heteroatoms. The van der Waals surface area contributed by atoms with E-state index in [9.17, 15) is 4.79 Å². The fourth-order valence-corrected chi connectivity index (χ4v) is 2.73. The topological polar surface area (TPSA) is 26.3 Å². The molecule has 2 rings (SSSR count). The number of ether oxygens (including phenoxy) is 1. The molecule has 0 amide bonds. The van der Waals surface area contributed by atoms with Gasteiger partial charge in [-0.2, -0.15) is 0 Å². The predicted octanol–water partition coefficient (Wildman–Crippen LogP) is 4.47. The molecular weight excluding hydrogens is 248 g/mol. The second-order valence-electron chi connectivity index (χ2n) is 6.90. The van der Waals surface area contributed by atoms with Crippen molar-refractivity contribution < 1.29 is 9.53 Å². The summed E-state index contributed by atoms with van der Waals surface area (Å²) in [4.78, 5) is 12.2. The molecule has 20 heavy (non-hydrogen) atoms. The molecule has 0 saturated heterocycles. The van der Waals surface area contributed by atoms with Crippen LogP contribution in [-0.2, 0) is 4.74 Å². The molecule has 1 aromatic rings. The molecule has 1 aliphatic rings. The lowest BCUT2D eigenvalue weighted by Crippen LogP contribution is -2.28. The van der Waals surface area contributed by atoms with E-state index in [0.717, 1.165) is 24.0 Å². The maximum atomic E-state index is 12.2. The zero-order valence-corrected chi connectivity index (χ0v) is 13.2. The van der Waals surface area contributed by atoms with Gasteiger partial charge >= 0.3 is 0 Å². The van der Waals surface area contributed by atoms with Gasteiger partial charge in [0, 0.05) is 5.56 Å². The Hall–Kier alpha value is -1.15. The van der Waals surface area contributed by atoms with Crippen LogP contribution >= 0.6 is 0 Å². The van der Waals surface area contributed by atoms with E-state index < -0.39 is 0 Å². The Kier molecular flexibility index (Phi) is 4.64. The number of carbonyl (C=O) groups excluding carboxylic acids is 1. The van der Waals surface area contributed by atoms with Crippen molar-refractivity contribution in [1.82, 2.24) is 0 Å². The Bertz CT molecular complexity index is 478. The van der Waals surface area contributed by atoms with Gasteiger partial charge in [0.05, 0.1) is 6.10 Å². The summed E-state index contributed by atoms with van der Waals surface area (Å²) in [6.07, 6.45) is 4.80. The third kappa shape index (κ3) is 3.92. The quantitative estimate of drug-likeness (QED) is 0.757. The number of hydrogen-bond acceptors (Lipinski definition) is 2. The van der Waals surface area contributed by atoms with Crippen molar-refractivity contribution in [3.63, 3.8) is 0 Å². The number of carbonyl (C=O) groups is 1. The van der Waals surface area contributed by atoms with Gasteiger partial charge in [-0.05, 0) is 62.1 Å². The highest BCUT2D eigenvalue weighted by Crippen LogP contribution is 2.36. The van der Waals surface area contributed by atoms with Crippen LogP contribution in [-0.4, -0.2) is 18.5 Å². The average Bonchev–Trinajstić information content (AvgIpc) is 2.40. The molecule has 0 heterocycles. The average molecular weight is 274 g/mol. The Morgan fingerprint density at radius 3 is 2.45 bits per heavy atom. The molecule has 0 atom stereocenters. The molecule has 0 radical (unpaired) electrons. The van der Waals surface area contributed by atoms with Crippen LogP contribution in [0.15, 0.2) is 18.2 Å². The molecule has 1 aliphatic carbocycles. The minimum atomic E-state index is 0.0953. The molecule has 0 unspecified atom stereocenters. The summed E-state index contributed by atoms with van der Waals surface area (Å²) in [5.74, 6) is 0.0953. The highest BCUT2D eigenvalue weighted by molar-refractivity contribution is 5.97. The minimum absolute atomic E-state index is 0.0953. The normalized spacial score (nSPS) is 19.0. The first kappa shape index (κ1) is 15.2. The summed E-state index contributed by atoms with van der Waals surface area (Å²) in [5, 5.41) is 0. The van der Waals surface area contributed by atoms with E-state index >= 15 is 0 Å². The fourth-order valence-electron chi connectivity index (χ4n) is 2.73. The predicted molar refractivity (Wildman–Crippen MR) is 82.2 cm³/mol. The molecular formula is C18H26O2. The number of aryl methyl sites for hydroxylation is 2. The van der Waals surface area contributed by atoms with Crippen LogP contribution in [0.1, 0.15) is 61.0 Å². The molecule has 1 saturated carbocycles. The van der Waals surface area contributed by atoms with Crippen molar-refractivity contribution in [3.8, 4) is 0 Å². The van der Waals surface area contributed by atoms with Crippen molar-refractivity contribution in [2.45, 2.75) is 59.5 Å². The Balaban J connectivity index is 1.85. The van der Waals surface area contributed by atoms with Crippen LogP contribution in [0.4, 0.5) is 0 Å². The summed E-state index contributed by atoms with van der Waals surface area (Å²) < 4.78 is 5.81. The highest BCUT2D eigenvalue weighted by Gasteiger charge is 2.27. The van der Waals surface area contributed by atoms with Gasteiger partial charge in [-0.15, -0.1) is 0 Å². The molecule has 0 aromatic heterocycles. The Labute approximate surface area is 122 Å². The van der Waals surface area contributed by atoms with Crippen LogP contribution in [0.2, 0.25) is 0 Å². The van der Waals surface area contributed by atoms with E-state index in [1.807, 2.05) is 25.1 Å². The molecule has 2 nitrogen and oxygen atoms in total. The van der Waals surface area contributed by atoms with Crippen LogP contribution in [0.5, 0.6) is 0 Å². The summed E-state index contributed by atoms with van der Waals surface area (Å²) in [6.45, 7) is 8.93. The fraction of sp³-hybridized carbons (Fsp3) is 0.611. The first-order chi connectivity index (χ1) is 9.37. The third-order valence-electron chi connectivity index (χ3n) is 4.57. The number of benzene rings is 1. The number of Topliss-reactive ketones (excluding diaryl/α,β-unsaturated/α-hetero) is 1. The number of rotatable bonds is 4. The zero-order valence-electron chi connectivity index (χ0n) is 13.2. The van der Waals surface area contributed by atoms with E-state index in [1.54, 1.807) is 0 Å². The second-order valence-corrected chi connectivity index (χ2v) is 6.90. The molecule has 110 valence electrons. The van der Waals surface area contributed by atoms with Gasteiger partial charge in [-0.3, -0.25) is 4.79 Å². The molecule has 0 N–H and O–H groups in total. The summed E-state index contributed by atoms with van der Waals surface area (Å²) in [7, 11) is 0.